The number of piperidine rings is 1. The van der Waals surface area contributed by atoms with Gasteiger partial charge in [-0.2, -0.15) is 0 Å². The summed E-state index contributed by atoms with van der Waals surface area (Å²) < 4.78 is 5.25. The average Bonchev–Trinajstić information content (AvgIpc) is 2.70. The Morgan fingerprint density at radius 1 is 1.33 bits per heavy atom. The molecule has 1 spiro atoms. The Hall–Kier alpha value is -2.28. The minimum absolute atomic E-state index is 0.0917. The molecule has 1 atom stereocenters. The Kier molecular flexibility index (Phi) is 5.89. The summed E-state index contributed by atoms with van der Waals surface area (Å²) in [6.07, 6.45) is 2.05. The molecular weight excluding hydrogens is 344 g/mol. The molecule has 2 N–H and O–H groups in total. The van der Waals surface area contributed by atoms with Gasteiger partial charge in [0.25, 0.3) is 0 Å². The van der Waals surface area contributed by atoms with Crippen molar-refractivity contribution in [2.75, 3.05) is 45.7 Å². The number of ether oxygens (including phenoxy) is 1. The summed E-state index contributed by atoms with van der Waals surface area (Å²) in [5.74, 6) is 0.951. The summed E-state index contributed by atoms with van der Waals surface area (Å²) >= 11 is 0. The van der Waals surface area contributed by atoms with E-state index in [1.807, 2.05) is 43.1 Å². The van der Waals surface area contributed by atoms with E-state index in [1.165, 1.54) is 0 Å². The first-order valence-corrected chi connectivity index (χ1v) is 9.69. The number of hydrogen-bond donors (Lipinski definition) is 2. The molecule has 3 rings (SSSR count). The number of amides is 2. The molecule has 0 radical (unpaired) electrons. The highest BCUT2D eigenvalue weighted by molar-refractivity contribution is 5.88. The molecule has 7 nitrogen and oxygen atoms in total. The quantitative estimate of drug-likeness (QED) is 0.813. The molecule has 1 aromatic carbocycles. The highest BCUT2D eigenvalue weighted by Crippen LogP contribution is 2.30. The number of nitrogens with zero attached hydrogens (tertiary/aromatic N) is 2. The SMILES string of the molecule is CC[C@H](Nc1cccc(OC)c1)C(=O)N1CCC2(CC1)C(=O)NCCN2C. The predicted molar refractivity (Wildman–Crippen MR) is 105 cm³/mol. The zero-order valence-electron chi connectivity index (χ0n) is 16.5. The summed E-state index contributed by atoms with van der Waals surface area (Å²) in [6, 6.07) is 7.32. The van der Waals surface area contributed by atoms with E-state index in [-0.39, 0.29) is 17.9 Å². The third-order valence-electron chi connectivity index (χ3n) is 5.91. The summed E-state index contributed by atoms with van der Waals surface area (Å²) in [7, 11) is 3.64. The van der Waals surface area contributed by atoms with Crippen molar-refractivity contribution >= 4 is 17.5 Å². The first-order chi connectivity index (χ1) is 13.0. The van der Waals surface area contributed by atoms with Crippen molar-refractivity contribution in [1.29, 1.82) is 0 Å². The fourth-order valence-corrected chi connectivity index (χ4v) is 4.07. The largest absolute Gasteiger partial charge is 0.497 e. The number of anilines is 1. The molecule has 0 saturated carbocycles. The molecule has 2 aliphatic heterocycles. The van der Waals surface area contributed by atoms with Gasteiger partial charge in [-0.3, -0.25) is 14.5 Å². The zero-order valence-corrected chi connectivity index (χ0v) is 16.5. The predicted octanol–water partition coefficient (Wildman–Crippen LogP) is 1.31. The number of nitrogens with one attached hydrogen (secondary N) is 2. The van der Waals surface area contributed by atoms with Crippen LogP contribution in [0.1, 0.15) is 26.2 Å². The average molecular weight is 374 g/mol. The smallest absolute Gasteiger partial charge is 0.245 e. The minimum atomic E-state index is -0.461. The number of piperazine rings is 1. The maximum absolute atomic E-state index is 13.0. The number of hydrogen-bond acceptors (Lipinski definition) is 5. The van der Waals surface area contributed by atoms with Gasteiger partial charge in [0, 0.05) is 37.9 Å². The number of likely N-dealkylation sites (tertiary alicyclic amines) is 1. The zero-order chi connectivity index (χ0) is 19.4. The van der Waals surface area contributed by atoms with Crippen LogP contribution in [0.15, 0.2) is 24.3 Å². The fourth-order valence-electron chi connectivity index (χ4n) is 4.07. The van der Waals surface area contributed by atoms with Crippen molar-refractivity contribution < 1.29 is 14.3 Å². The van der Waals surface area contributed by atoms with Gasteiger partial charge in [0.05, 0.1) is 7.11 Å². The van der Waals surface area contributed by atoms with E-state index < -0.39 is 5.54 Å². The number of rotatable bonds is 5. The minimum Gasteiger partial charge on any atom is -0.497 e. The second-order valence-corrected chi connectivity index (χ2v) is 7.37. The van der Waals surface area contributed by atoms with Gasteiger partial charge in [-0.15, -0.1) is 0 Å². The van der Waals surface area contributed by atoms with E-state index in [1.54, 1.807) is 7.11 Å². The molecule has 0 unspecified atom stereocenters. The summed E-state index contributed by atoms with van der Waals surface area (Å²) in [5.41, 5.74) is 0.408. The van der Waals surface area contributed by atoms with Crippen molar-refractivity contribution in [3.8, 4) is 5.75 Å². The van der Waals surface area contributed by atoms with Crippen LogP contribution >= 0.6 is 0 Å². The van der Waals surface area contributed by atoms with Crippen LogP contribution in [0.4, 0.5) is 5.69 Å². The first-order valence-electron chi connectivity index (χ1n) is 9.69. The molecule has 2 fully saturated rings. The lowest BCUT2D eigenvalue weighted by Gasteiger charge is -2.48. The van der Waals surface area contributed by atoms with Gasteiger partial charge >= 0.3 is 0 Å². The van der Waals surface area contributed by atoms with Gasteiger partial charge in [-0.25, -0.2) is 0 Å². The van der Waals surface area contributed by atoms with E-state index in [2.05, 4.69) is 15.5 Å². The Morgan fingerprint density at radius 2 is 2.07 bits per heavy atom. The summed E-state index contributed by atoms with van der Waals surface area (Å²) in [4.78, 5) is 29.6. The third kappa shape index (κ3) is 3.88. The van der Waals surface area contributed by atoms with Crippen LogP contribution in [0.25, 0.3) is 0 Å². The van der Waals surface area contributed by atoms with Gasteiger partial charge < -0.3 is 20.3 Å². The highest BCUT2D eigenvalue weighted by Gasteiger charge is 2.47. The van der Waals surface area contributed by atoms with Gasteiger partial charge in [-0.1, -0.05) is 13.0 Å². The molecule has 0 aliphatic carbocycles. The first kappa shape index (κ1) is 19.5. The summed E-state index contributed by atoms with van der Waals surface area (Å²) in [6.45, 7) is 4.76. The Balaban J connectivity index is 1.64. The van der Waals surface area contributed by atoms with E-state index in [9.17, 15) is 9.59 Å². The van der Waals surface area contributed by atoms with E-state index in [0.717, 1.165) is 18.0 Å². The van der Waals surface area contributed by atoms with Gasteiger partial charge in [0.1, 0.15) is 17.3 Å². The molecule has 2 saturated heterocycles. The molecule has 27 heavy (non-hydrogen) atoms. The van der Waals surface area contributed by atoms with Crippen LogP contribution in [0.5, 0.6) is 5.75 Å². The number of likely N-dealkylation sites (N-methyl/N-ethyl adjacent to an activating group) is 1. The van der Waals surface area contributed by atoms with E-state index in [0.29, 0.717) is 38.9 Å². The molecular formula is C20H30N4O3. The normalized spacial score (nSPS) is 20.9. The monoisotopic (exact) mass is 374 g/mol. The van der Waals surface area contributed by atoms with Crippen LogP contribution in [-0.4, -0.2) is 73.5 Å². The second kappa shape index (κ2) is 8.17. The fraction of sp³-hybridized carbons (Fsp3) is 0.600. The lowest BCUT2D eigenvalue weighted by molar-refractivity contribution is -0.145. The maximum Gasteiger partial charge on any atom is 0.245 e. The molecule has 0 aromatic heterocycles. The molecule has 2 amide bonds. The Labute approximate surface area is 161 Å². The van der Waals surface area contributed by atoms with Crippen LogP contribution in [-0.2, 0) is 9.59 Å². The Morgan fingerprint density at radius 3 is 2.70 bits per heavy atom. The third-order valence-corrected chi connectivity index (χ3v) is 5.91. The van der Waals surface area contributed by atoms with Crippen LogP contribution in [0.2, 0.25) is 0 Å². The lowest BCUT2D eigenvalue weighted by atomic mass is 9.83. The number of carbonyl (C=O) groups is 2. The van der Waals surface area contributed by atoms with Crippen molar-refractivity contribution in [1.82, 2.24) is 15.1 Å². The second-order valence-electron chi connectivity index (χ2n) is 7.37. The van der Waals surface area contributed by atoms with Crippen molar-refractivity contribution in [2.24, 2.45) is 0 Å². The van der Waals surface area contributed by atoms with Crippen molar-refractivity contribution in [3.05, 3.63) is 24.3 Å². The van der Waals surface area contributed by atoms with E-state index in [4.69, 9.17) is 4.74 Å². The highest BCUT2D eigenvalue weighted by atomic mass is 16.5. The van der Waals surface area contributed by atoms with Gasteiger partial charge in [-0.05, 0) is 38.4 Å². The van der Waals surface area contributed by atoms with E-state index >= 15 is 0 Å². The number of methoxy groups -OCH3 is 1. The van der Waals surface area contributed by atoms with Crippen molar-refractivity contribution in [3.63, 3.8) is 0 Å². The van der Waals surface area contributed by atoms with Gasteiger partial charge in [0.2, 0.25) is 11.8 Å². The van der Waals surface area contributed by atoms with Crippen LogP contribution in [0, 0.1) is 0 Å². The molecule has 148 valence electrons. The maximum atomic E-state index is 13.0. The number of benzene rings is 1. The molecule has 0 bridgehead atoms. The molecule has 7 heteroatoms. The molecule has 2 aliphatic rings. The van der Waals surface area contributed by atoms with Crippen molar-refractivity contribution in [2.45, 2.75) is 37.8 Å². The Bertz CT molecular complexity index is 686. The molecule has 1 aromatic rings. The van der Waals surface area contributed by atoms with Crippen LogP contribution < -0.4 is 15.4 Å². The lowest BCUT2D eigenvalue weighted by Crippen LogP contribution is -2.67. The standard InChI is InChI=1S/C20H30N4O3/c1-4-17(22-15-6-5-7-16(14-15)27-3)18(25)24-11-8-20(9-12-24)19(26)21-10-13-23(20)2/h5-7,14,17,22H,4,8-13H2,1-3H3,(H,21,26)/t17-/m0/s1. The number of carbonyl (C=O) groups excluding carboxylic acids is 2. The van der Waals surface area contributed by atoms with Crippen LogP contribution in [0.3, 0.4) is 0 Å². The summed E-state index contributed by atoms with van der Waals surface area (Å²) in [5, 5.41) is 6.31. The topological polar surface area (TPSA) is 73.9 Å². The van der Waals surface area contributed by atoms with Gasteiger partial charge in [0.15, 0.2) is 0 Å². The molecule has 2 heterocycles.